The summed E-state index contributed by atoms with van der Waals surface area (Å²) in [6, 6.07) is 7.15. The summed E-state index contributed by atoms with van der Waals surface area (Å²) in [7, 11) is 0. The second-order valence-electron chi connectivity index (χ2n) is 4.36. The van der Waals surface area contributed by atoms with Gasteiger partial charge in [-0.1, -0.05) is 12.1 Å². The number of para-hydroxylation sites is 1. The molecule has 92 valence electrons. The van der Waals surface area contributed by atoms with Crippen LogP contribution in [0.2, 0.25) is 0 Å². The van der Waals surface area contributed by atoms with E-state index in [4.69, 9.17) is 0 Å². The Morgan fingerprint density at radius 2 is 2.11 bits per heavy atom. The van der Waals surface area contributed by atoms with E-state index >= 15 is 0 Å². The van der Waals surface area contributed by atoms with Crippen LogP contribution in [0.3, 0.4) is 0 Å². The summed E-state index contributed by atoms with van der Waals surface area (Å²) in [5.74, 6) is -0.662. The van der Waals surface area contributed by atoms with Crippen molar-refractivity contribution in [2.75, 3.05) is 11.9 Å². The Morgan fingerprint density at radius 1 is 1.33 bits per heavy atom. The SMILES string of the molecule is O=C(O)C1=C2Nc3ccccc3C(=O)N2CCC1. The fourth-order valence-corrected chi connectivity index (χ4v) is 2.41. The van der Waals surface area contributed by atoms with Crippen LogP contribution in [0.25, 0.3) is 0 Å². The van der Waals surface area contributed by atoms with Crippen LogP contribution >= 0.6 is 0 Å². The second kappa shape index (κ2) is 3.87. The smallest absolute Gasteiger partial charge is 0.335 e. The van der Waals surface area contributed by atoms with Gasteiger partial charge in [-0.15, -0.1) is 0 Å². The van der Waals surface area contributed by atoms with Crippen LogP contribution in [0.15, 0.2) is 35.7 Å². The van der Waals surface area contributed by atoms with Crippen molar-refractivity contribution < 1.29 is 14.7 Å². The number of rotatable bonds is 1. The van der Waals surface area contributed by atoms with Gasteiger partial charge < -0.3 is 10.4 Å². The fraction of sp³-hybridized carbons (Fsp3) is 0.231. The molecule has 0 fully saturated rings. The molecule has 0 aliphatic carbocycles. The van der Waals surface area contributed by atoms with Crippen LogP contribution in [-0.2, 0) is 4.79 Å². The molecule has 0 spiro atoms. The van der Waals surface area contributed by atoms with E-state index in [0.717, 1.165) is 0 Å². The monoisotopic (exact) mass is 244 g/mol. The quantitative estimate of drug-likeness (QED) is 0.788. The maximum Gasteiger partial charge on any atom is 0.335 e. The molecule has 1 amide bonds. The maximum atomic E-state index is 12.3. The van der Waals surface area contributed by atoms with Crippen molar-refractivity contribution in [1.82, 2.24) is 4.90 Å². The first-order valence-corrected chi connectivity index (χ1v) is 5.83. The van der Waals surface area contributed by atoms with E-state index in [1.54, 1.807) is 18.2 Å². The Kier molecular flexibility index (Phi) is 2.33. The van der Waals surface area contributed by atoms with E-state index < -0.39 is 5.97 Å². The lowest BCUT2D eigenvalue weighted by molar-refractivity contribution is -0.133. The maximum absolute atomic E-state index is 12.3. The van der Waals surface area contributed by atoms with Crippen molar-refractivity contribution in [2.24, 2.45) is 0 Å². The van der Waals surface area contributed by atoms with Crippen molar-refractivity contribution in [3.8, 4) is 0 Å². The number of anilines is 1. The average molecular weight is 244 g/mol. The molecule has 0 bridgehead atoms. The van der Waals surface area contributed by atoms with Gasteiger partial charge in [0.2, 0.25) is 0 Å². The van der Waals surface area contributed by atoms with Crippen LogP contribution in [0.4, 0.5) is 5.69 Å². The summed E-state index contributed by atoms with van der Waals surface area (Å²) in [6.07, 6.45) is 1.17. The first kappa shape index (κ1) is 10.8. The molecule has 0 saturated heterocycles. The molecule has 0 aromatic heterocycles. The van der Waals surface area contributed by atoms with Crippen LogP contribution in [0.1, 0.15) is 23.2 Å². The molecule has 0 saturated carbocycles. The van der Waals surface area contributed by atoms with E-state index in [0.29, 0.717) is 36.5 Å². The van der Waals surface area contributed by atoms with Gasteiger partial charge in [0.25, 0.3) is 5.91 Å². The standard InChI is InChI=1S/C13H12N2O3/c16-12-8-4-1-2-6-10(8)14-11-9(13(17)18)5-3-7-15(11)12/h1-2,4,6,14H,3,5,7H2,(H,17,18). The fourth-order valence-electron chi connectivity index (χ4n) is 2.41. The number of benzene rings is 1. The Bertz CT molecular complexity index is 577. The van der Waals surface area contributed by atoms with Crippen molar-refractivity contribution in [1.29, 1.82) is 0 Å². The van der Waals surface area contributed by atoms with E-state index in [9.17, 15) is 14.7 Å². The molecule has 0 atom stereocenters. The molecule has 2 heterocycles. The number of carboxylic acid groups (broad SMARTS) is 1. The Balaban J connectivity index is 2.15. The summed E-state index contributed by atoms with van der Waals surface area (Å²) >= 11 is 0. The van der Waals surface area contributed by atoms with Gasteiger partial charge in [0.05, 0.1) is 16.8 Å². The molecule has 0 unspecified atom stereocenters. The lowest BCUT2D eigenvalue weighted by Gasteiger charge is -2.36. The van der Waals surface area contributed by atoms with Gasteiger partial charge in [0.15, 0.2) is 0 Å². The molecule has 2 N–H and O–H groups in total. The van der Waals surface area contributed by atoms with Crippen LogP contribution in [0, 0.1) is 0 Å². The molecule has 5 heteroatoms. The number of nitrogens with zero attached hydrogens (tertiary/aromatic N) is 1. The summed E-state index contributed by atoms with van der Waals surface area (Å²) < 4.78 is 0. The average Bonchev–Trinajstić information content (AvgIpc) is 2.38. The molecule has 1 aromatic rings. The number of aliphatic carboxylic acids is 1. The van der Waals surface area contributed by atoms with Gasteiger partial charge in [0, 0.05) is 6.54 Å². The Labute approximate surface area is 104 Å². The highest BCUT2D eigenvalue weighted by Crippen LogP contribution is 2.32. The van der Waals surface area contributed by atoms with Crippen molar-refractivity contribution >= 4 is 17.6 Å². The first-order valence-electron chi connectivity index (χ1n) is 5.83. The molecule has 5 nitrogen and oxygen atoms in total. The van der Waals surface area contributed by atoms with Gasteiger partial charge in [0.1, 0.15) is 5.82 Å². The molecule has 2 aliphatic rings. The van der Waals surface area contributed by atoms with E-state index in [2.05, 4.69) is 5.32 Å². The number of amides is 1. The predicted octanol–water partition coefficient (Wildman–Crippen LogP) is 1.64. The summed E-state index contributed by atoms with van der Waals surface area (Å²) in [5, 5.41) is 12.2. The number of hydrogen-bond acceptors (Lipinski definition) is 3. The number of carbonyl (C=O) groups is 2. The zero-order valence-corrected chi connectivity index (χ0v) is 9.64. The summed E-state index contributed by atoms with van der Waals surface area (Å²) in [6.45, 7) is 0.562. The summed E-state index contributed by atoms with van der Waals surface area (Å²) in [4.78, 5) is 25.0. The third-order valence-corrected chi connectivity index (χ3v) is 3.28. The number of nitrogens with one attached hydrogen (secondary N) is 1. The highest BCUT2D eigenvalue weighted by molar-refractivity contribution is 6.04. The molecule has 3 rings (SSSR count). The molecular weight excluding hydrogens is 232 g/mol. The third-order valence-electron chi connectivity index (χ3n) is 3.28. The first-order chi connectivity index (χ1) is 8.68. The van der Waals surface area contributed by atoms with Gasteiger partial charge in [-0.3, -0.25) is 9.69 Å². The van der Waals surface area contributed by atoms with Crippen LogP contribution in [-0.4, -0.2) is 28.4 Å². The Morgan fingerprint density at radius 3 is 2.89 bits per heavy atom. The molecule has 1 aromatic carbocycles. The van der Waals surface area contributed by atoms with Crippen LogP contribution in [0.5, 0.6) is 0 Å². The second-order valence-corrected chi connectivity index (χ2v) is 4.36. The van der Waals surface area contributed by atoms with Gasteiger partial charge >= 0.3 is 5.97 Å². The highest BCUT2D eigenvalue weighted by atomic mass is 16.4. The van der Waals surface area contributed by atoms with E-state index in [-0.39, 0.29) is 11.5 Å². The number of carbonyl (C=O) groups excluding carboxylic acids is 1. The molecule has 0 radical (unpaired) electrons. The van der Waals surface area contributed by atoms with E-state index in [1.165, 1.54) is 4.90 Å². The summed E-state index contributed by atoms with van der Waals surface area (Å²) in [5.41, 5.74) is 1.55. The molecular formula is C13H12N2O3. The van der Waals surface area contributed by atoms with E-state index in [1.807, 2.05) is 6.07 Å². The third kappa shape index (κ3) is 1.48. The predicted molar refractivity (Wildman–Crippen MR) is 65.0 cm³/mol. The van der Waals surface area contributed by atoms with Crippen molar-refractivity contribution in [3.05, 3.63) is 41.2 Å². The van der Waals surface area contributed by atoms with Gasteiger partial charge in [-0.05, 0) is 25.0 Å². The topological polar surface area (TPSA) is 69.6 Å². The van der Waals surface area contributed by atoms with Gasteiger partial charge in [-0.2, -0.15) is 0 Å². The number of carboxylic acids is 1. The minimum atomic E-state index is -0.964. The lowest BCUT2D eigenvalue weighted by atomic mass is 10.0. The number of fused-ring (bicyclic) bond motifs is 2. The van der Waals surface area contributed by atoms with Crippen molar-refractivity contribution in [3.63, 3.8) is 0 Å². The minimum absolute atomic E-state index is 0.127. The molecule has 2 aliphatic heterocycles. The molecule has 18 heavy (non-hydrogen) atoms. The highest BCUT2D eigenvalue weighted by Gasteiger charge is 2.33. The number of hydrogen-bond donors (Lipinski definition) is 2. The normalized spacial score (nSPS) is 18.0. The van der Waals surface area contributed by atoms with Gasteiger partial charge in [-0.25, -0.2) is 4.79 Å². The largest absolute Gasteiger partial charge is 0.478 e. The van der Waals surface area contributed by atoms with Crippen LogP contribution < -0.4 is 5.32 Å². The van der Waals surface area contributed by atoms with Crippen molar-refractivity contribution in [2.45, 2.75) is 12.8 Å². The lowest BCUT2D eigenvalue weighted by Crippen LogP contribution is -2.42. The zero-order chi connectivity index (χ0) is 12.7. The Hall–Kier alpha value is -2.30. The zero-order valence-electron chi connectivity index (χ0n) is 9.64. The minimum Gasteiger partial charge on any atom is -0.478 e.